The van der Waals surface area contributed by atoms with E-state index in [-0.39, 0.29) is 5.54 Å². The van der Waals surface area contributed by atoms with E-state index in [1.807, 2.05) is 11.6 Å². The fourth-order valence-corrected chi connectivity index (χ4v) is 1.69. The first-order valence-corrected chi connectivity index (χ1v) is 5.21. The van der Waals surface area contributed by atoms with E-state index in [4.69, 9.17) is 11.6 Å². The normalized spacial score (nSPS) is 12.2. The van der Waals surface area contributed by atoms with Gasteiger partial charge in [-0.1, -0.05) is 11.6 Å². The van der Waals surface area contributed by atoms with Gasteiger partial charge in [0.2, 0.25) is 0 Å². The molecule has 0 aliphatic heterocycles. The monoisotopic (exact) mass is 298 g/mol. The summed E-state index contributed by atoms with van der Waals surface area (Å²) in [5.41, 5.74) is 0.959. The molecule has 2 nitrogen and oxygen atoms in total. The van der Waals surface area contributed by atoms with Crippen molar-refractivity contribution in [2.45, 2.75) is 33.2 Å². The lowest BCUT2D eigenvalue weighted by molar-refractivity contribution is 0.354. The molecule has 1 rings (SSSR count). The number of hydrogen-bond donors (Lipinski definition) is 0. The molecule has 0 aromatic carbocycles. The molecular formula is C8H12ClIN2. The van der Waals surface area contributed by atoms with Crippen LogP contribution in [0.25, 0.3) is 0 Å². The molecule has 0 aliphatic rings. The lowest BCUT2D eigenvalue weighted by Crippen LogP contribution is -2.23. The zero-order valence-electron chi connectivity index (χ0n) is 7.65. The minimum atomic E-state index is -0.0364. The highest BCUT2D eigenvalue weighted by Crippen LogP contribution is 2.26. The standard InChI is InChI=1S/C8H12ClIN2/c1-5-6(10)7(9)12(11-5)8(2,3)4/h1-4H3. The minimum absolute atomic E-state index is 0.0364. The van der Waals surface area contributed by atoms with Crippen LogP contribution in [0, 0.1) is 10.5 Å². The summed E-state index contributed by atoms with van der Waals surface area (Å²) in [6.45, 7) is 8.22. The zero-order valence-corrected chi connectivity index (χ0v) is 10.6. The molecule has 0 amide bonds. The molecule has 0 bridgehead atoms. The van der Waals surface area contributed by atoms with Crippen molar-refractivity contribution in [3.8, 4) is 0 Å². The van der Waals surface area contributed by atoms with E-state index in [1.165, 1.54) is 0 Å². The Labute approximate surface area is 91.4 Å². The van der Waals surface area contributed by atoms with Crippen molar-refractivity contribution in [2.24, 2.45) is 0 Å². The molecule has 0 radical (unpaired) electrons. The van der Waals surface area contributed by atoms with E-state index < -0.39 is 0 Å². The smallest absolute Gasteiger partial charge is 0.141 e. The van der Waals surface area contributed by atoms with Crippen molar-refractivity contribution < 1.29 is 0 Å². The average molecular weight is 299 g/mol. The number of aryl methyl sites for hydroxylation is 1. The molecule has 0 atom stereocenters. The number of hydrogen-bond acceptors (Lipinski definition) is 1. The van der Waals surface area contributed by atoms with Crippen LogP contribution >= 0.6 is 34.2 Å². The summed E-state index contributed by atoms with van der Waals surface area (Å²) < 4.78 is 2.90. The molecule has 0 aliphatic carbocycles. The Morgan fingerprint density at radius 2 is 1.92 bits per heavy atom. The van der Waals surface area contributed by atoms with Gasteiger partial charge in [-0.25, -0.2) is 4.68 Å². The molecule has 1 aromatic heterocycles. The summed E-state index contributed by atoms with van der Waals surface area (Å²) in [7, 11) is 0. The van der Waals surface area contributed by atoms with Gasteiger partial charge in [0.15, 0.2) is 0 Å². The predicted molar refractivity (Wildman–Crippen MR) is 59.7 cm³/mol. The highest BCUT2D eigenvalue weighted by Gasteiger charge is 2.20. The predicted octanol–water partition coefficient (Wildman–Crippen LogP) is 3.20. The molecule has 12 heavy (non-hydrogen) atoms. The summed E-state index contributed by atoms with van der Waals surface area (Å²) in [5.74, 6) is 0. The lowest BCUT2D eigenvalue weighted by atomic mass is 10.1. The van der Waals surface area contributed by atoms with Crippen LogP contribution in [0.15, 0.2) is 0 Å². The third kappa shape index (κ3) is 1.76. The maximum Gasteiger partial charge on any atom is 0.141 e. The topological polar surface area (TPSA) is 17.8 Å². The summed E-state index contributed by atoms with van der Waals surface area (Å²) in [4.78, 5) is 0. The molecule has 0 spiro atoms. The molecule has 0 N–H and O–H groups in total. The van der Waals surface area contributed by atoms with Crippen LogP contribution in [-0.4, -0.2) is 9.78 Å². The van der Waals surface area contributed by atoms with Gasteiger partial charge >= 0.3 is 0 Å². The van der Waals surface area contributed by atoms with Crippen LogP contribution in [0.3, 0.4) is 0 Å². The summed E-state index contributed by atoms with van der Waals surface area (Å²) in [6, 6.07) is 0. The summed E-state index contributed by atoms with van der Waals surface area (Å²) in [5, 5.41) is 5.09. The van der Waals surface area contributed by atoms with Gasteiger partial charge in [0.1, 0.15) is 5.15 Å². The maximum atomic E-state index is 6.09. The van der Waals surface area contributed by atoms with Gasteiger partial charge in [0.05, 0.1) is 14.8 Å². The second-order valence-corrected chi connectivity index (χ2v) is 5.21. The summed E-state index contributed by atoms with van der Waals surface area (Å²) in [6.07, 6.45) is 0. The second-order valence-electron chi connectivity index (χ2n) is 3.77. The van der Waals surface area contributed by atoms with Crippen LogP contribution in [0.1, 0.15) is 26.5 Å². The zero-order chi connectivity index (χ0) is 9.52. The largest absolute Gasteiger partial charge is 0.247 e. The third-order valence-electron chi connectivity index (χ3n) is 1.57. The van der Waals surface area contributed by atoms with E-state index in [0.29, 0.717) is 0 Å². The molecule has 1 aromatic rings. The van der Waals surface area contributed by atoms with Gasteiger partial charge < -0.3 is 0 Å². The summed E-state index contributed by atoms with van der Waals surface area (Å²) >= 11 is 8.31. The second kappa shape index (κ2) is 3.18. The maximum absolute atomic E-state index is 6.09. The Morgan fingerprint density at radius 3 is 2.08 bits per heavy atom. The van der Waals surface area contributed by atoms with E-state index >= 15 is 0 Å². The molecule has 0 saturated heterocycles. The fourth-order valence-electron chi connectivity index (χ4n) is 0.925. The Hall–Kier alpha value is 0.230. The first-order valence-electron chi connectivity index (χ1n) is 3.75. The Balaban J connectivity index is 3.28. The van der Waals surface area contributed by atoms with E-state index in [9.17, 15) is 0 Å². The SMILES string of the molecule is Cc1nn(C(C)(C)C)c(Cl)c1I. The van der Waals surface area contributed by atoms with Crippen LogP contribution in [-0.2, 0) is 5.54 Å². The third-order valence-corrected chi connectivity index (χ3v) is 3.53. The quantitative estimate of drug-likeness (QED) is 0.673. The van der Waals surface area contributed by atoms with Crippen LogP contribution in [0.5, 0.6) is 0 Å². The number of halogens is 2. The van der Waals surface area contributed by atoms with Crippen molar-refractivity contribution in [3.63, 3.8) is 0 Å². The fraction of sp³-hybridized carbons (Fsp3) is 0.625. The highest BCUT2D eigenvalue weighted by atomic mass is 127. The Kier molecular flexibility index (Phi) is 2.73. The van der Waals surface area contributed by atoms with E-state index in [1.54, 1.807) is 0 Å². The van der Waals surface area contributed by atoms with Gasteiger partial charge in [0, 0.05) is 0 Å². The van der Waals surface area contributed by atoms with E-state index in [0.717, 1.165) is 14.4 Å². The van der Waals surface area contributed by atoms with Gasteiger partial charge in [-0.15, -0.1) is 0 Å². The van der Waals surface area contributed by atoms with Crippen molar-refractivity contribution in [1.29, 1.82) is 0 Å². The van der Waals surface area contributed by atoms with Gasteiger partial charge in [0.25, 0.3) is 0 Å². The lowest BCUT2D eigenvalue weighted by Gasteiger charge is -2.20. The number of nitrogens with zero attached hydrogens (tertiary/aromatic N) is 2. The molecule has 1 heterocycles. The Morgan fingerprint density at radius 1 is 1.42 bits per heavy atom. The number of rotatable bonds is 0. The van der Waals surface area contributed by atoms with Crippen molar-refractivity contribution in [2.75, 3.05) is 0 Å². The van der Waals surface area contributed by atoms with Gasteiger partial charge in [-0.05, 0) is 50.3 Å². The van der Waals surface area contributed by atoms with Crippen LogP contribution < -0.4 is 0 Å². The van der Waals surface area contributed by atoms with Gasteiger partial charge in [-0.2, -0.15) is 5.10 Å². The molecule has 0 saturated carbocycles. The molecule has 0 fully saturated rings. The van der Waals surface area contributed by atoms with E-state index in [2.05, 4.69) is 48.5 Å². The van der Waals surface area contributed by atoms with Crippen molar-refractivity contribution in [1.82, 2.24) is 9.78 Å². The van der Waals surface area contributed by atoms with Crippen LogP contribution in [0.2, 0.25) is 5.15 Å². The molecule has 4 heteroatoms. The Bertz CT molecular complexity index is 299. The van der Waals surface area contributed by atoms with Crippen LogP contribution in [0.4, 0.5) is 0 Å². The molecular weight excluding hydrogens is 286 g/mol. The molecule has 68 valence electrons. The highest BCUT2D eigenvalue weighted by molar-refractivity contribution is 14.1. The first kappa shape index (κ1) is 10.3. The number of aromatic nitrogens is 2. The first-order chi connectivity index (χ1) is 5.34. The minimum Gasteiger partial charge on any atom is -0.247 e. The van der Waals surface area contributed by atoms with Gasteiger partial charge in [-0.3, -0.25) is 0 Å². The van der Waals surface area contributed by atoms with Crippen molar-refractivity contribution in [3.05, 3.63) is 14.4 Å². The average Bonchev–Trinajstić information content (AvgIpc) is 2.15. The molecule has 0 unspecified atom stereocenters. The van der Waals surface area contributed by atoms with Crippen molar-refractivity contribution >= 4 is 34.2 Å².